The Hall–Kier alpha value is -1.10. The fourth-order valence-electron chi connectivity index (χ4n) is 1.77. The molecule has 0 bridgehead atoms. The van der Waals surface area contributed by atoms with Crippen molar-refractivity contribution in [1.82, 2.24) is 0 Å². The fraction of sp³-hybridized carbons (Fsp3) is 0.538. The molecule has 5 heteroatoms. The van der Waals surface area contributed by atoms with Crippen LogP contribution in [0.1, 0.15) is 49.8 Å². The number of alkyl halides is 3. The molecule has 1 nitrogen and oxygen atoms in total. The van der Waals surface area contributed by atoms with E-state index in [9.17, 15) is 17.6 Å². The van der Waals surface area contributed by atoms with E-state index in [0.29, 0.717) is 12.5 Å². The Morgan fingerprint density at radius 1 is 1.22 bits per heavy atom. The summed E-state index contributed by atoms with van der Waals surface area (Å²) in [4.78, 5) is 0. The quantitative estimate of drug-likeness (QED) is 0.617. The Morgan fingerprint density at radius 2 is 1.89 bits per heavy atom. The summed E-state index contributed by atoms with van der Waals surface area (Å²) >= 11 is 0. The van der Waals surface area contributed by atoms with Crippen LogP contribution >= 0.6 is 0 Å². The average Bonchev–Trinajstić information content (AvgIpc) is 2.27. The molecule has 0 radical (unpaired) electrons. The van der Waals surface area contributed by atoms with Crippen LogP contribution in [-0.2, 0) is 6.18 Å². The second-order valence-corrected chi connectivity index (χ2v) is 4.34. The van der Waals surface area contributed by atoms with Crippen molar-refractivity contribution in [1.29, 1.82) is 0 Å². The summed E-state index contributed by atoms with van der Waals surface area (Å²) < 4.78 is 50.6. The Bertz CT molecular complexity index is 387. The highest BCUT2D eigenvalue weighted by atomic mass is 19.4. The number of hydrogen-bond donors (Lipinski definition) is 1. The van der Waals surface area contributed by atoms with E-state index in [-0.39, 0.29) is 5.56 Å². The third-order valence-electron chi connectivity index (χ3n) is 2.85. The minimum atomic E-state index is -4.52. The van der Waals surface area contributed by atoms with Gasteiger partial charge in [-0.1, -0.05) is 32.3 Å². The first-order valence-electron chi connectivity index (χ1n) is 5.98. The molecule has 0 aliphatic carbocycles. The van der Waals surface area contributed by atoms with Crippen LogP contribution in [0.25, 0.3) is 0 Å². The second-order valence-electron chi connectivity index (χ2n) is 4.34. The summed E-state index contributed by atoms with van der Waals surface area (Å²) in [5.74, 6) is -0.881. The van der Waals surface area contributed by atoms with Gasteiger partial charge in [-0.2, -0.15) is 13.2 Å². The van der Waals surface area contributed by atoms with Crippen molar-refractivity contribution in [2.24, 2.45) is 5.73 Å². The normalized spacial score (nSPS) is 13.7. The van der Waals surface area contributed by atoms with Crippen molar-refractivity contribution >= 4 is 0 Å². The van der Waals surface area contributed by atoms with Crippen molar-refractivity contribution in [2.75, 3.05) is 0 Å². The van der Waals surface area contributed by atoms with E-state index >= 15 is 0 Å². The maximum atomic E-state index is 13.6. The lowest BCUT2D eigenvalue weighted by Crippen LogP contribution is -2.13. The Kier molecular flexibility index (Phi) is 5.14. The number of unbranched alkanes of at least 4 members (excludes halogenated alkanes) is 2. The number of hydrogen-bond acceptors (Lipinski definition) is 1. The van der Waals surface area contributed by atoms with Gasteiger partial charge >= 0.3 is 6.18 Å². The van der Waals surface area contributed by atoms with E-state index < -0.39 is 23.6 Å². The zero-order valence-electron chi connectivity index (χ0n) is 10.2. The first-order valence-corrected chi connectivity index (χ1v) is 5.98. The average molecular weight is 263 g/mol. The highest BCUT2D eigenvalue weighted by molar-refractivity contribution is 5.28. The SMILES string of the molecule is CCCCC[C@H](N)c1ccc(C(F)(F)F)cc1F. The second kappa shape index (κ2) is 6.18. The standard InChI is InChI=1S/C13H17F4N/c1-2-3-4-5-12(18)10-7-6-9(8-11(10)14)13(15,16)17/h6-8,12H,2-5,18H2,1H3/t12-/m0/s1. The molecule has 1 aromatic rings. The molecule has 0 heterocycles. The van der Waals surface area contributed by atoms with Gasteiger partial charge in [0.2, 0.25) is 0 Å². The van der Waals surface area contributed by atoms with Gasteiger partial charge in [-0.05, 0) is 18.6 Å². The summed E-state index contributed by atoms with van der Waals surface area (Å²) in [6.07, 6.45) is -1.10. The molecule has 0 unspecified atom stereocenters. The maximum Gasteiger partial charge on any atom is 0.416 e. The van der Waals surface area contributed by atoms with Gasteiger partial charge in [0.05, 0.1) is 5.56 Å². The molecule has 102 valence electrons. The summed E-state index contributed by atoms with van der Waals surface area (Å²) in [6, 6.07) is 1.97. The number of rotatable bonds is 5. The molecule has 0 spiro atoms. The van der Waals surface area contributed by atoms with Crippen LogP contribution in [0.3, 0.4) is 0 Å². The minimum Gasteiger partial charge on any atom is -0.324 e. The van der Waals surface area contributed by atoms with Crippen LogP contribution in [-0.4, -0.2) is 0 Å². The largest absolute Gasteiger partial charge is 0.416 e. The molecule has 1 aromatic carbocycles. The molecular weight excluding hydrogens is 246 g/mol. The van der Waals surface area contributed by atoms with Gasteiger partial charge in [0.15, 0.2) is 0 Å². The van der Waals surface area contributed by atoms with Gasteiger partial charge in [0.1, 0.15) is 5.82 Å². The molecule has 18 heavy (non-hydrogen) atoms. The summed E-state index contributed by atoms with van der Waals surface area (Å²) in [5.41, 5.74) is 4.94. The Labute approximate surface area is 104 Å². The Balaban J connectivity index is 2.79. The molecule has 0 aliphatic heterocycles. The van der Waals surface area contributed by atoms with Gasteiger partial charge in [-0.15, -0.1) is 0 Å². The third-order valence-corrected chi connectivity index (χ3v) is 2.85. The highest BCUT2D eigenvalue weighted by Gasteiger charge is 2.31. The van der Waals surface area contributed by atoms with E-state index in [4.69, 9.17) is 5.73 Å². The van der Waals surface area contributed by atoms with Crippen LogP contribution < -0.4 is 5.73 Å². The van der Waals surface area contributed by atoms with Gasteiger partial charge in [-0.25, -0.2) is 4.39 Å². The fourth-order valence-corrected chi connectivity index (χ4v) is 1.77. The molecule has 0 fully saturated rings. The molecule has 0 amide bonds. The molecule has 0 saturated carbocycles. The predicted octanol–water partition coefficient (Wildman–Crippen LogP) is 4.42. The molecule has 0 saturated heterocycles. The molecular formula is C13H17F4N. The van der Waals surface area contributed by atoms with Crippen molar-refractivity contribution in [2.45, 2.75) is 44.8 Å². The number of nitrogens with two attached hydrogens (primary N) is 1. The van der Waals surface area contributed by atoms with Gasteiger partial charge < -0.3 is 5.73 Å². The zero-order chi connectivity index (χ0) is 13.8. The summed E-state index contributed by atoms with van der Waals surface area (Å²) in [6.45, 7) is 2.03. The third kappa shape index (κ3) is 3.98. The smallest absolute Gasteiger partial charge is 0.324 e. The molecule has 2 N–H and O–H groups in total. The van der Waals surface area contributed by atoms with E-state index in [1.54, 1.807) is 0 Å². The van der Waals surface area contributed by atoms with E-state index in [1.807, 2.05) is 6.92 Å². The zero-order valence-corrected chi connectivity index (χ0v) is 10.2. The van der Waals surface area contributed by atoms with Crippen molar-refractivity contribution < 1.29 is 17.6 Å². The summed E-state index contributed by atoms with van der Waals surface area (Å²) in [5, 5.41) is 0. The molecule has 1 rings (SSSR count). The lowest BCUT2D eigenvalue weighted by Gasteiger charge is -2.14. The van der Waals surface area contributed by atoms with Crippen LogP contribution in [0, 0.1) is 5.82 Å². The van der Waals surface area contributed by atoms with Gasteiger partial charge in [0.25, 0.3) is 0 Å². The van der Waals surface area contributed by atoms with E-state index in [2.05, 4.69) is 0 Å². The molecule has 0 aromatic heterocycles. The minimum absolute atomic E-state index is 0.152. The maximum absolute atomic E-state index is 13.6. The number of benzene rings is 1. The van der Waals surface area contributed by atoms with Crippen molar-refractivity contribution in [3.05, 3.63) is 35.1 Å². The first-order chi connectivity index (χ1) is 8.36. The van der Waals surface area contributed by atoms with E-state index in [0.717, 1.165) is 31.4 Å². The predicted molar refractivity (Wildman–Crippen MR) is 62.5 cm³/mol. The number of halogens is 4. The Morgan fingerprint density at radius 3 is 2.39 bits per heavy atom. The van der Waals surface area contributed by atoms with Gasteiger partial charge in [0, 0.05) is 11.6 Å². The van der Waals surface area contributed by atoms with Crippen LogP contribution in [0.4, 0.5) is 17.6 Å². The van der Waals surface area contributed by atoms with Crippen molar-refractivity contribution in [3.8, 4) is 0 Å². The first kappa shape index (κ1) is 15.0. The van der Waals surface area contributed by atoms with Crippen LogP contribution in [0.5, 0.6) is 0 Å². The lowest BCUT2D eigenvalue weighted by atomic mass is 9.99. The topological polar surface area (TPSA) is 26.0 Å². The monoisotopic (exact) mass is 263 g/mol. The highest BCUT2D eigenvalue weighted by Crippen LogP contribution is 2.31. The van der Waals surface area contributed by atoms with Crippen LogP contribution in [0.15, 0.2) is 18.2 Å². The summed E-state index contributed by atoms with van der Waals surface area (Å²) in [7, 11) is 0. The van der Waals surface area contributed by atoms with Crippen molar-refractivity contribution in [3.63, 3.8) is 0 Å². The molecule has 0 aliphatic rings. The lowest BCUT2D eigenvalue weighted by molar-refractivity contribution is -0.137. The van der Waals surface area contributed by atoms with Gasteiger partial charge in [-0.3, -0.25) is 0 Å². The van der Waals surface area contributed by atoms with Crippen LogP contribution in [0.2, 0.25) is 0 Å². The van der Waals surface area contributed by atoms with E-state index in [1.165, 1.54) is 0 Å². The molecule has 1 atom stereocenters.